The molecule has 1 aromatic carbocycles. The van der Waals surface area contributed by atoms with Crippen LogP contribution in [0.5, 0.6) is 0 Å². The van der Waals surface area contributed by atoms with Crippen LogP contribution in [0.1, 0.15) is 6.42 Å². The topological polar surface area (TPSA) is 69.2 Å². The summed E-state index contributed by atoms with van der Waals surface area (Å²) in [6.45, 7) is 6.47. The second-order valence-corrected chi connectivity index (χ2v) is 7.94. The molecule has 1 aliphatic heterocycles. The molecule has 0 radical (unpaired) electrons. The number of aliphatic imine (C=N–C) groups is 1. The van der Waals surface area contributed by atoms with Gasteiger partial charge in [0, 0.05) is 50.9 Å². The maximum atomic E-state index is 11.8. The van der Waals surface area contributed by atoms with Gasteiger partial charge in [0.2, 0.25) is 5.91 Å². The molecule has 0 unspecified atom stereocenters. The number of nitrogens with one attached hydrogen (secondary N) is 2. The summed E-state index contributed by atoms with van der Waals surface area (Å²) in [6.07, 6.45) is 1.03. The van der Waals surface area contributed by atoms with Crippen LogP contribution in [0.2, 0.25) is 0 Å². The number of hydrogen-bond donors (Lipinski definition) is 2. The molecule has 2 N–H and O–H groups in total. The van der Waals surface area contributed by atoms with E-state index >= 15 is 0 Å². The largest absolute Gasteiger partial charge is 0.379 e. The molecule has 1 aliphatic rings. The van der Waals surface area contributed by atoms with Crippen LogP contribution in [0.25, 0.3) is 0 Å². The van der Waals surface area contributed by atoms with Gasteiger partial charge in [-0.3, -0.25) is 9.69 Å². The Morgan fingerprint density at radius 1 is 1.17 bits per heavy atom. The van der Waals surface area contributed by atoms with E-state index in [1.54, 1.807) is 30.8 Å². The first-order valence-electron chi connectivity index (χ1n) is 9.85. The van der Waals surface area contributed by atoms with Gasteiger partial charge in [-0.15, -0.1) is 35.7 Å². The van der Waals surface area contributed by atoms with Gasteiger partial charge in [0.15, 0.2) is 5.96 Å². The Morgan fingerprint density at radius 3 is 2.55 bits per heavy atom. The van der Waals surface area contributed by atoms with Crippen LogP contribution in [0, 0.1) is 0 Å². The molecule has 0 aliphatic carbocycles. The van der Waals surface area contributed by atoms with Crippen LogP contribution in [0.4, 0.5) is 0 Å². The van der Waals surface area contributed by atoms with Crippen molar-refractivity contribution in [2.75, 3.05) is 72.3 Å². The maximum Gasteiger partial charge on any atom is 0.243 e. The van der Waals surface area contributed by atoms with E-state index in [0.717, 1.165) is 58.1 Å². The van der Waals surface area contributed by atoms with Gasteiger partial charge in [0.1, 0.15) is 6.54 Å². The van der Waals surface area contributed by atoms with Crippen LogP contribution < -0.4 is 10.6 Å². The molecule has 7 nitrogen and oxygen atoms in total. The number of carbonyl (C=O) groups is 1. The van der Waals surface area contributed by atoms with Crippen molar-refractivity contribution < 1.29 is 9.53 Å². The van der Waals surface area contributed by atoms with Crippen molar-refractivity contribution in [3.63, 3.8) is 0 Å². The van der Waals surface area contributed by atoms with Crippen LogP contribution in [0.15, 0.2) is 40.2 Å². The van der Waals surface area contributed by atoms with E-state index < -0.39 is 0 Å². The Labute approximate surface area is 196 Å². The Balaban J connectivity index is 0.00000420. The lowest BCUT2D eigenvalue weighted by Crippen LogP contribution is -2.42. The summed E-state index contributed by atoms with van der Waals surface area (Å²) in [7, 11) is 3.49. The van der Waals surface area contributed by atoms with Crippen molar-refractivity contribution in [1.29, 1.82) is 0 Å². The van der Waals surface area contributed by atoms with Gasteiger partial charge in [-0.2, -0.15) is 0 Å². The zero-order valence-corrected chi connectivity index (χ0v) is 20.6. The molecule has 0 atom stereocenters. The highest BCUT2D eigenvalue weighted by molar-refractivity contribution is 14.0. The Morgan fingerprint density at radius 2 is 1.86 bits per heavy atom. The number of nitrogens with zero attached hydrogens (tertiary/aromatic N) is 3. The van der Waals surface area contributed by atoms with Gasteiger partial charge < -0.3 is 20.3 Å². The van der Waals surface area contributed by atoms with Crippen molar-refractivity contribution in [2.45, 2.75) is 11.3 Å². The van der Waals surface area contributed by atoms with E-state index in [4.69, 9.17) is 4.74 Å². The highest BCUT2D eigenvalue weighted by Crippen LogP contribution is 2.15. The summed E-state index contributed by atoms with van der Waals surface area (Å²) in [4.78, 5) is 21.5. The minimum Gasteiger partial charge on any atom is -0.379 e. The fraction of sp³-hybridized carbons (Fsp3) is 0.600. The molecule has 1 amide bonds. The predicted molar refractivity (Wildman–Crippen MR) is 131 cm³/mol. The predicted octanol–water partition coefficient (Wildman–Crippen LogP) is 1.74. The third kappa shape index (κ3) is 11.7. The monoisotopic (exact) mass is 535 g/mol. The second-order valence-electron chi connectivity index (χ2n) is 6.78. The lowest BCUT2D eigenvalue weighted by molar-refractivity contribution is -0.127. The highest BCUT2D eigenvalue weighted by atomic mass is 127. The first kappa shape index (κ1) is 26.0. The minimum absolute atomic E-state index is 0. The number of thioether (sulfide) groups is 1. The number of amides is 1. The SMILES string of the molecule is CN(C)C(=O)CN=C(NCCCN1CCOCC1)NCCSc1ccccc1.I. The van der Waals surface area contributed by atoms with Crippen molar-refractivity contribution in [1.82, 2.24) is 20.4 Å². The zero-order valence-electron chi connectivity index (χ0n) is 17.4. The lowest BCUT2D eigenvalue weighted by atomic mass is 10.3. The number of hydrogen-bond acceptors (Lipinski definition) is 5. The molecule has 1 aromatic rings. The van der Waals surface area contributed by atoms with E-state index in [0.29, 0.717) is 5.96 Å². The Kier molecular flexibility index (Phi) is 14.1. The first-order valence-corrected chi connectivity index (χ1v) is 10.8. The number of morpholine rings is 1. The molecule has 9 heteroatoms. The van der Waals surface area contributed by atoms with Gasteiger partial charge in [-0.1, -0.05) is 18.2 Å². The van der Waals surface area contributed by atoms with E-state index in [2.05, 4.69) is 32.7 Å². The third-order valence-corrected chi connectivity index (χ3v) is 5.34. The van der Waals surface area contributed by atoms with Crippen LogP contribution in [0.3, 0.4) is 0 Å². The quantitative estimate of drug-likeness (QED) is 0.157. The number of rotatable bonds is 10. The molecule has 0 spiro atoms. The standard InChI is InChI=1S/C20H33N5O2S.HI/c1-24(2)19(26)17-23-20(21-9-6-11-25-12-14-27-15-13-25)22-10-16-28-18-7-4-3-5-8-18;/h3-5,7-8H,6,9-17H2,1-2H3,(H2,21,22,23);1H. The smallest absolute Gasteiger partial charge is 0.243 e. The molecule has 0 aromatic heterocycles. The number of carbonyl (C=O) groups excluding carboxylic acids is 1. The van der Waals surface area contributed by atoms with Gasteiger partial charge in [0.25, 0.3) is 0 Å². The number of benzene rings is 1. The average molecular weight is 535 g/mol. The molecular weight excluding hydrogens is 501 g/mol. The lowest BCUT2D eigenvalue weighted by Gasteiger charge is -2.26. The van der Waals surface area contributed by atoms with Gasteiger partial charge in [-0.05, 0) is 25.1 Å². The molecule has 164 valence electrons. The second kappa shape index (κ2) is 15.8. The number of guanidine groups is 1. The summed E-state index contributed by atoms with van der Waals surface area (Å²) in [6, 6.07) is 10.3. The van der Waals surface area contributed by atoms with E-state index in [9.17, 15) is 4.79 Å². The van der Waals surface area contributed by atoms with Crippen molar-refractivity contribution in [3.05, 3.63) is 30.3 Å². The summed E-state index contributed by atoms with van der Waals surface area (Å²) in [5, 5.41) is 6.69. The van der Waals surface area contributed by atoms with Crippen molar-refractivity contribution in [2.24, 2.45) is 4.99 Å². The van der Waals surface area contributed by atoms with E-state index in [-0.39, 0.29) is 36.4 Å². The van der Waals surface area contributed by atoms with Crippen LogP contribution >= 0.6 is 35.7 Å². The number of ether oxygens (including phenoxy) is 1. The molecule has 0 saturated carbocycles. The van der Waals surface area contributed by atoms with Crippen molar-refractivity contribution in [3.8, 4) is 0 Å². The molecule has 1 heterocycles. The molecule has 0 bridgehead atoms. The zero-order chi connectivity index (χ0) is 20.0. The number of halogens is 1. The summed E-state index contributed by atoms with van der Waals surface area (Å²) in [5.74, 6) is 1.62. The van der Waals surface area contributed by atoms with Gasteiger partial charge >= 0.3 is 0 Å². The molecule has 2 rings (SSSR count). The Bertz CT molecular complexity index is 598. The highest BCUT2D eigenvalue weighted by Gasteiger charge is 2.09. The summed E-state index contributed by atoms with van der Waals surface area (Å²) in [5.41, 5.74) is 0. The molecule has 29 heavy (non-hydrogen) atoms. The van der Waals surface area contributed by atoms with E-state index in [1.165, 1.54) is 4.90 Å². The van der Waals surface area contributed by atoms with Crippen LogP contribution in [-0.2, 0) is 9.53 Å². The molecule has 1 fully saturated rings. The minimum atomic E-state index is -0.00641. The average Bonchev–Trinajstić information content (AvgIpc) is 2.73. The first-order chi connectivity index (χ1) is 13.6. The summed E-state index contributed by atoms with van der Waals surface area (Å²) < 4.78 is 5.38. The Hall–Kier alpha value is -1.04. The fourth-order valence-corrected chi connectivity index (χ4v) is 3.44. The van der Waals surface area contributed by atoms with Gasteiger partial charge in [-0.25, -0.2) is 4.99 Å². The fourth-order valence-electron chi connectivity index (χ4n) is 2.65. The van der Waals surface area contributed by atoms with Crippen LogP contribution in [-0.4, -0.2) is 94.0 Å². The molecular formula is C20H34IN5O2S. The third-order valence-electron chi connectivity index (χ3n) is 4.32. The maximum absolute atomic E-state index is 11.8. The van der Waals surface area contributed by atoms with Gasteiger partial charge in [0.05, 0.1) is 13.2 Å². The van der Waals surface area contributed by atoms with Crippen molar-refractivity contribution >= 4 is 47.6 Å². The summed E-state index contributed by atoms with van der Waals surface area (Å²) >= 11 is 1.80. The van der Waals surface area contributed by atoms with E-state index in [1.807, 2.05) is 18.2 Å². The normalized spacial score (nSPS) is 14.8. The number of likely N-dealkylation sites (N-methyl/N-ethyl adjacent to an activating group) is 1. The molecule has 1 saturated heterocycles.